The Hall–Kier alpha value is -2.57. The summed E-state index contributed by atoms with van der Waals surface area (Å²) < 4.78 is 10.5. The average molecular weight is 376 g/mol. The second-order valence-corrected chi connectivity index (χ2v) is 6.79. The number of amides is 2. The second-order valence-electron chi connectivity index (χ2n) is 6.79. The Kier molecular flexibility index (Phi) is 7.21. The second kappa shape index (κ2) is 9.39. The first-order chi connectivity index (χ1) is 12.9. The zero-order chi connectivity index (χ0) is 20.0. The van der Waals surface area contributed by atoms with Crippen LogP contribution < -0.4 is 10.5 Å². The maximum Gasteiger partial charge on any atom is 0.312 e. The Morgan fingerprint density at radius 1 is 1.30 bits per heavy atom. The van der Waals surface area contributed by atoms with Crippen LogP contribution in [0.15, 0.2) is 24.3 Å². The fourth-order valence-corrected chi connectivity index (χ4v) is 3.32. The smallest absolute Gasteiger partial charge is 0.312 e. The van der Waals surface area contributed by atoms with Gasteiger partial charge in [0.25, 0.3) is 5.91 Å². The molecule has 1 fully saturated rings. The summed E-state index contributed by atoms with van der Waals surface area (Å²) in [6.45, 7) is 4.07. The van der Waals surface area contributed by atoms with Crippen molar-refractivity contribution in [1.29, 1.82) is 0 Å². The SMILES string of the molecule is CCCCN1C(=O)CC[C@H](C(=O)O[C@H](C)C(N)=O)[C@H]1c1ccc(OC)cc1. The van der Waals surface area contributed by atoms with Crippen molar-refractivity contribution in [3.8, 4) is 5.75 Å². The van der Waals surface area contributed by atoms with Crippen molar-refractivity contribution < 1.29 is 23.9 Å². The number of piperidine rings is 1. The number of hydrogen-bond donors (Lipinski definition) is 1. The number of methoxy groups -OCH3 is 1. The van der Waals surface area contributed by atoms with Crippen molar-refractivity contribution in [2.24, 2.45) is 11.7 Å². The van der Waals surface area contributed by atoms with Crippen molar-refractivity contribution in [2.75, 3.05) is 13.7 Å². The van der Waals surface area contributed by atoms with E-state index in [1.165, 1.54) is 6.92 Å². The standard InChI is InChI=1S/C20H28N2O5/c1-4-5-12-22-17(23)11-10-16(20(25)27-13(2)19(21)24)18(22)14-6-8-15(26-3)9-7-14/h6-9,13,16,18H,4-5,10-12H2,1-3H3,(H2,21,24)/t13-,16+,18-/m1/s1. The van der Waals surface area contributed by atoms with Crippen LogP contribution in [-0.4, -0.2) is 42.4 Å². The molecule has 1 aliphatic heterocycles. The number of primary amides is 1. The summed E-state index contributed by atoms with van der Waals surface area (Å²) in [5.41, 5.74) is 6.05. The van der Waals surface area contributed by atoms with Crippen molar-refractivity contribution in [3.05, 3.63) is 29.8 Å². The Morgan fingerprint density at radius 2 is 1.96 bits per heavy atom. The van der Waals surface area contributed by atoms with Gasteiger partial charge >= 0.3 is 5.97 Å². The number of likely N-dealkylation sites (tertiary alicyclic amines) is 1. The molecule has 1 aromatic rings. The topological polar surface area (TPSA) is 98.9 Å². The van der Waals surface area contributed by atoms with Crippen molar-refractivity contribution in [2.45, 2.75) is 51.7 Å². The molecule has 1 aliphatic rings. The lowest BCUT2D eigenvalue weighted by atomic mass is 9.84. The molecule has 0 bridgehead atoms. The number of nitrogens with zero attached hydrogens (tertiary/aromatic N) is 1. The molecule has 2 amide bonds. The molecule has 27 heavy (non-hydrogen) atoms. The number of benzene rings is 1. The van der Waals surface area contributed by atoms with Gasteiger partial charge in [-0.05, 0) is 37.5 Å². The molecule has 1 heterocycles. The van der Waals surface area contributed by atoms with Crippen LogP contribution >= 0.6 is 0 Å². The van der Waals surface area contributed by atoms with Gasteiger partial charge in [0.1, 0.15) is 5.75 Å². The first-order valence-electron chi connectivity index (χ1n) is 9.32. The molecule has 2 N–H and O–H groups in total. The van der Waals surface area contributed by atoms with Gasteiger partial charge in [-0.1, -0.05) is 25.5 Å². The zero-order valence-electron chi connectivity index (χ0n) is 16.1. The lowest BCUT2D eigenvalue weighted by molar-refractivity contribution is -0.164. The molecule has 7 nitrogen and oxygen atoms in total. The highest BCUT2D eigenvalue weighted by atomic mass is 16.5. The number of nitrogens with two attached hydrogens (primary N) is 1. The predicted octanol–water partition coefficient (Wildman–Crippen LogP) is 2.19. The molecule has 7 heteroatoms. The van der Waals surface area contributed by atoms with E-state index in [9.17, 15) is 14.4 Å². The van der Waals surface area contributed by atoms with Crippen LogP contribution in [0.1, 0.15) is 51.1 Å². The molecule has 0 saturated carbocycles. The fourth-order valence-electron chi connectivity index (χ4n) is 3.32. The molecular formula is C20H28N2O5. The van der Waals surface area contributed by atoms with Gasteiger partial charge in [0.05, 0.1) is 19.1 Å². The van der Waals surface area contributed by atoms with Gasteiger partial charge in [-0.15, -0.1) is 0 Å². The molecular weight excluding hydrogens is 348 g/mol. The van der Waals surface area contributed by atoms with Crippen molar-refractivity contribution in [3.63, 3.8) is 0 Å². The minimum absolute atomic E-state index is 0.0243. The number of unbranched alkanes of at least 4 members (excludes halogenated alkanes) is 1. The fraction of sp³-hybridized carbons (Fsp3) is 0.550. The highest BCUT2D eigenvalue weighted by molar-refractivity contribution is 5.85. The first kappa shape index (κ1) is 20.7. The Labute approximate surface area is 159 Å². The van der Waals surface area contributed by atoms with Crippen LogP contribution in [0.5, 0.6) is 5.75 Å². The van der Waals surface area contributed by atoms with E-state index >= 15 is 0 Å². The third kappa shape index (κ3) is 4.99. The van der Waals surface area contributed by atoms with Crippen molar-refractivity contribution >= 4 is 17.8 Å². The van der Waals surface area contributed by atoms with E-state index in [1.807, 2.05) is 12.1 Å². The molecule has 148 valence electrons. The van der Waals surface area contributed by atoms with Gasteiger partial charge in [0, 0.05) is 13.0 Å². The third-order valence-electron chi connectivity index (χ3n) is 4.91. The van der Waals surface area contributed by atoms with Gasteiger partial charge in [-0.2, -0.15) is 0 Å². The number of esters is 1. The average Bonchev–Trinajstić information content (AvgIpc) is 2.66. The van der Waals surface area contributed by atoms with E-state index in [4.69, 9.17) is 15.2 Å². The number of carbonyl (C=O) groups is 3. The number of ether oxygens (including phenoxy) is 2. The summed E-state index contributed by atoms with van der Waals surface area (Å²) in [5, 5.41) is 0. The van der Waals surface area contributed by atoms with Crippen LogP contribution in [0.25, 0.3) is 0 Å². The van der Waals surface area contributed by atoms with E-state index in [0.29, 0.717) is 18.7 Å². The predicted molar refractivity (Wildman–Crippen MR) is 99.8 cm³/mol. The normalized spacial score (nSPS) is 20.9. The Balaban J connectivity index is 2.34. The summed E-state index contributed by atoms with van der Waals surface area (Å²) in [6.07, 6.45) is 1.43. The summed E-state index contributed by atoms with van der Waals surface area (Å²) in [7, 11) is 1.58. The maximum atomic E-state index is 12.8. The minimum Gasteiger partial charge on any atom is -0.497 e. The van der Waals surface area contributed by atoms with Gasteiger partial charge in [-0.25, -0.2) is 0 Å². The monoisotopic (exact) mass is 376 g/mol. The summed E-state index contributed by atoms with van der Waals surface area (Å²) in [5.74, 6) is -1.02. The van der Waals surface area contributed by atoms with Crippen LogP contribution in [-0.2, 0) is 19.1 Å². The third-order valence-corrected chi connectivity index (χ3v) is 4.91. The lowest BCUT2D eigenvalue weighted by Crippen LogP contribution is -2.47. The molecule has 3 atom stereocenters. The number of rotatable bonds is 8. The minimum atomic E-state index is -1.00. The van der Waals surface area contributed by atoms with Crippen LogP contribution in [0, 0.1) is 5.92 Å². The van der Waals surface area contributed by atoms with Crippen LogP contribution in [0.2, 0.25) is 0 Å². The van der Waals surface area contributed by atoms with Gasteiger partial charge in [0.2, 0.25) is 5.91 Å². The quantitative estimate of drug-likeness (QED) is 0.701. The van der Waals surface area contributed by atoms with E-state index in [2.05, 4.69) is 6.92 Å². The molecule has 0 spiro atoms. The van der Waals surface area contributed by atoms with Crippen LogP contribution in [0.4, 0.5) is 0 Å². The molecule has 1 aromatic carbocycles. The molecule has 0 unspecified atom stereocenters. The summed E-state index contributed by atoms with van der Waals surface area (Å²) in [6, 6.07) is 6.90. The molecule has 0 aliphatic carbocycles. The zero-order valence-corrected chi connectivity index (χ0v) is 16.1. The first-order valence-corrected chi connectivity index (χ1v) is 9.32. The Morgan fingerprint density at radius 3 is 2.52 bits per heavy atom. The molecule has 1 saturated heterocycles. The van der Waals surface area contributed by atoms with Gasteiger partial charge < -0.3 is 20.1 Å². The summed E-state index contributed by atoms with van der Waals surface area (Å²) >= 11 is 0. The Bertz CT molecular complexity index is 673. The highest BCUT2D eigenvalue weighted by Gasteiger charge is 2.41. The van der Waals surface area contributed by atoms with Crippen LogP contribution in [0.3, 0.4) is 0 Å². The molecule has 2 rings (SSSR count). The number of hydrogen-bond acceptors (Lipinski definition) is 5. The van der Waals surface area contributed by atoms with Gasteiger partial charge in [-0.3, -0.25) is 14.4 Å². The van der Waals surface area contributed by atoms with E-state index < -0.39 is 29.9 Å². The lowest BCUT2D eigenvalue weighted by Gasteiger charge is -2.40. The van der Waals surface area contributed by atoms with E-state index in [1.54, 1.807) is 24.1 Å². The van der Waals surface area contributed by atoms with Crippen molar-refractivity contribution in [1.82, 2.24) is 4.90 Å². The van der Waals surface area contributed by atoms with E-state index in [-0.39, 0.29) is 12.3 Å². The largest absolute Gasteiger partial charge is 0.497 e. The van der Waals surface area contributed by atoms with Gasteiger partial charge in [0.15, 0.2) is 6.10 Å². The van der Waals surface area contributed by atoms with E-state index in [0.717, 1.165) is 18.4 Å². The number of carbonyl (C=O) groups excluding carboxylic acids is 3. The summed E-state index contributed by atoms with van der Waals surface area (Å²) in [4.78, 5) is 38.4. The molecule has 0 aromatic heterocycles. The molecule has 0 radical (unpaired) electrons. The maximum absolute atomic E-state index is 12.8. The highest BCUT2D eigenvalue weighted by Crippen LogP contribution is 2.38.